The average Bonchev–Trinajstić information content (AvgIpc) is 3.74. The summed E-state index contributed by atoms with van der Waals surface area (Å²) in [6, 6.07) is 17.4. The Morgan fingerprint density at radius 2 is 2.00 bits per heavy atom. The number of hydrogen-bond donors (Lipinski definition) is 4. The highest BCUT2D eigenvalue weighted by Gasteiger charge is 2.42. The number of likely N-dealkylation sites (tertiary alicyclic amines) is 1. The Balaban J connectivity index is 1.43. The highest BCUT2D eigenvalue weighted by Crippen LogP contribution is 2.34. The predicted molar refractivity (Wildman–Crippen MR) is 154 cm³/mol. The number of rotatable bonds is 10. The van der Waals surface area contributed by atoms with Gasteiger partial charge in [-0.15, -0.1) is 0 Å². The third kappa shape index (κ3) is 5.91. The van der Waals surface area contributed by atoms with E-state index in [1.54, 1.807) is 18.1 Å². The first-order valence-corrected chi connectivity index (χ1v) is 14.2. The first-order chi connectivity index (χ1) is 19.9. The third-order valence-corrected chi connectivity index (χ3v) is 8.20. The number of hydrogen-bond acceptors (Lipinski definition) is 6. The first kappa shape index (κ1) is 28.2. The third-order valence-electron chi connectivity index (χ3n) is 8.20. The Hall–Kier alpha value is -4.36. The number of H-pyrrole nitrogens is 1. The summed E-state index contributed by atoms with van der Waals surface area (Å²) in [6.07, 6.45) is 1.44. The Morgan fingerprint density at radius 3 is 2.68 bits per heavy atom. The number of nitrogens with one attached hydrogen (secondary N) is 4. The van der Waals surface area contributed by atoms with Crippen molar-refractivity contribution in [3.63, 3.8) is 0 Å². The molecule has 10 heteroatoms. The highest BCUT2D eigenvalue weighted by atomic mass is 16.5. The molecule has 5 rings (SSSR count). The van der Waals surface area contributed by atoms with E-state index in [9.17, 15) is 19.6 Å². The topological polar surface area (TPSA) is 139 Å². The number of benzene rings is 2. The van der Waals surface area contributed by atoms with E-state index >= 15 is 0 Å². The van der Waals surface area contributed by atoms with Crippen LogP contribution in [0.3, 0.4) is 0 Å². The largest absolute Gasteiger partial charge is 0.496 e. The van der Waals surface area contributed by atoms with E-state index in [0.29, 0.717) is 50.3 Å². The van der Waals surface area contributed by atoms with Gasteiger partial charge in [0.05, 0.1) is 19.2 Å². The Kier molecular flexibility index (Phi) is 8.55. The molecule has 3 heterocycles. The predicted octanol–water partition coefficient (Wildman–Crippen LogP) is 2.69. The SMILES string of the molecule is CCNC(C#N)[C@H](C[C@@H]1CCNC1=O)NC(=O)C1C[C@@H](c2ccccc2)CN1C(=O)c1cc2c(OC)cccc2[nH]1. The van der Waals surface area contributed by atoms with E-state index in [0.717, 1.165) is 16.5 Å². The molecule has 2 fully saturated rings. The van der Waals surface area contributed by atoms with Crippen LogP contribution >= 0.6 is 0 Å². The molecule has 4 N–H and O–H groups in total. The van der Waals surface area contributed by atoms with Gasteiger partial charge in [0.25, 0.3) is 5.91 Å². The minimum absolute atomic E-state index is 0.0330. The van der Waals surface area contributed by atoms with Gasteiger partial charge in [-0.2, -0.15) is 5.26 Å². The number of aromatic amines is 1. The van der Waals surface area contributed by atoms with Gasteiger partial charge in [0.1, 0.15) is 23.5 Å². The minimum Gasteiger partial charge on any atom is -0.496 e. The molecular formula is C31H36N6O4. The number of ether oxygens (including phenoxy) is 1. The highest BCUT2D eigenvalue weighted by molar-refractivity contribution is 6.02. The number of carbonyl (C=O) groups excluding carboxylic acids is 3. The van der Waals surface area contributed by atoms with Crippen LogP contribution in [0, 0.1) is 17.2 Å². The van der Waals surface area contributed by atoms with Crippen molar-refractivity contribution in [2.75, 3.05) is 26.7 Å². The smallest absolute Gasteiger partial charge is 0.271 e. The molecule has 0 spiro atoms. The van der Waals surface area contributed by atoms with E-state index in [-0.39, 0.29) is 29.6 Å². The Bertz CT molecular complexity index is 1450. The number of amides is 3. The van der Waals surface area contributed by atoms with Gasteiger partial charge in [0.2, 0.25) is 11.8 Å². The van der Waals surface area contributed by atoms with Gasteiger partial charge < -0.3 is 30.6 Å². The van der Waals surface area contributed by atoms with Gasteiger partial charge in [-0.05, 0) is 49.6 Å². The van der Waals surface area contributed by atoms with Crippen LogP contribution in [0.4, 0.5) is 0 Å². The summed E-state index contributed by atoms with van der Waals surface area (Å²) in [5, 5.41) is 19.7. The van der Waals surface area contributed by atoms with Crippen molar-refractivity contribution in [3.05, 3.63) is 65.9 Å². The van der Waals surface area contributed by atoms with Crippen LogP contribution in [0.25, 0.3) is 10.9 Å². The van der Waals surface area contributed by atoms with Crippen molar-refractivity contribution in [1.82, 2.24) is 25.8 Å². The fourth-order valence-corrected chi connectivity index (χ4v) is 6.08. The van der Waals surface area contributed by atoms with Crippen molar-refractivity contribution in [1.29, 1.82) is 5.26 Å². The molecule has 0 radical (unpaired) electrons. The summed E-state index contributed by atoms with van der Waals surface area (Å²) in [5.74, 6) is -0.332. The van der Waals surface area contributed by atoms with Gasteiger partial charge in [0, 0.05) is 35.8 Å². The number of aromatic nitrogens is 1. The lowest BCUT2D eigenvalue weighted by atomic mass is 9.93. The maximum Gasteiger partial charge on any atom is 0.271 e. The summed E-state index contributed by atoms with van der Waals surface area (Å²) in [6.45, 7) is 3.39. The van der Waals surface area contributed by atoms with Gasteiger partial charge in [-0.1, -0.05) is 43.3 Å². The summed E-state index contributed by atoms with van der Waals surface area (Å²) in [4.78, 5) is 45.1. The van der Waals surface area contributed by atoms with Crippen LogP contribution in [0.5, 0.6) is 5.75 Å². The monoisotopic (exact) mass is 556 g/mol. The van der Waals surface area contributed by atoms with E-state index in [1.807, 2.05) is 55.5 Å². The second-order valence-electron chi connectivity index (χ2n) is 10.7. The van der Waals surface area contributed by atoms with E-state index in [1.165, 1.54) is 0 Å². The van der Waals surface area contributed by atoms with Crippen molar-refractivity contribution in [2.24, 2.45) is 5.92 Å². The van der Waals surface area contributed by atoms with Crippen LogP contribution in [-0.2, 0) is 9.59 Å². The second-order valence-corrected chi connectivity index (χ2v) is 10.7. The van der Waals surface area contributed by atoms with Gasteiger partial charge in [-0.3, -0.25) is 14.4 Å². The normalized spacial score (nSPS) is 21.7. The molecule has 0 bridgehead atoms. The molecule has 41 heavy (non-hydrogen) atoms. The van der Waals surface area contributed by atoms with Crippen molar-refractivity contribution in [2.45, 2.75) is 50.2 Å². The van der Waals surface area contributed by atoms with E-state index < -0.39 is 18.1 Å². The quantitative estimate of drug-likeness (QED) is 0.303. The average molecular weight is 557 g/mol. The zero-order valence-corrected chi connectivity index (χ0v) is 23.4. The molecule has 3 aromatic rings. The molecule has 2 unspecified atom stereocenters. The molecule has 2 saturated heterocycles. The van der Waals surface area contributed by atoms with Crippen LogP contribution in [0.2, 0.25) is 0 Å². The summed E-state index contributed by atoms with van der Waals surface area (Å²) < 4.78 is 5.47. The number of methoxy groups -OCH3 is 1. The summed E-state index contributed by atoms with van der Waals surface area (Å²) in [7, 11) is 1.59. The van der Waals surface area contributed by atoms with E-state index in [4.69, 9.17) is 4.74 Å². The van der Waals surface area contributed by atoms with Crippen molar-refractivity contribution >= 4 is 28.6 Å². The van der Waals surface area contributed by atoms with Gasteiger partial charge in [-0.25, -0.2) is 0 Å². The van der Waals surface area contributed by atoms with Crippen LogP contribution < -0.4 is 20.7 Å². The zero-order valence-electron chi connectivity index (χ0n) is 23.4. The first-order valence-electron chi connectivity index (χ1n) is 14.2. The molecule has 2 aliphatic heterocycles. The summed E-state index contributed by atoms with van der Waals surface area (Å²) >= 11 is 0. The van der Waals surface area contributed by atoms with Gasteiger partial charge >= 0.3 is 0 Å². The standard InChI is InChI=1S/C31H36N6O4/c1-3-33-26(17-32)24(14-20-12-13-34-29(20)38)36-30(39)27-15-21(19-8-5-4-6-9-19)18-37(27)31(40)25-16-22-23(35-25)10-7-11-28(22)41-2/h4-11,16,20-21,24,26-27,33,35H,3,12-15,18H2,1-2H3,(H,34,38)(H,36,39)/t20-,21+,24-,26?,27?/m0/s1. The van der Waals surface area contributed by atoms with Crippen LogP contribution in [0.1, 0.15) is 48.2 Å². The molecule has 1 aromatic heterocycles. The fourth-order valence-electron chi connectivity index (χ4n) is 6.08. The molecule has 214 valence electrons. The number of nitriles is 1. The van der Waals surface area contributed by atoms with Crippen LogP contribution in [-0.4, -0.2) is 72.5 Å². The summed E-state index contributed by atoms with van der Waals surface area (Å²) in [5.41, 5.74) is 2.20. The molecule has 2 aromatic carbocycles. The Morgan fingerprint density at radius 1 is 1.20 bits per heavy atom. The maximum atomic E-state index is 14.0. The van der Waals surface area contributed by atoms with Gasteiger partial charge in [0.15, 0.2) is 0 Å². The lowest BCUT2D eigenvalue weighted by Gasteiger charge is -2.29. The van der Waals surface area contributed by atoms with E-state index in [2.05, 4.69) is 27.0 Å². The van der Waals surface area contributed by atoms with Crippen molar-refractivity contribution < 1.29 is 19.1 Å². The molecule has 2 aliphatic rings. The molecule has 0 aliphatic carbocycles. The molecule has 3 amide bonds. The lowest BCUT2D eigenvalue weighted by Crippen LogP contribution is -2.55. The lowest BCUT2D eigenvalue weighted by molar-refractivity contribution is -0.127. The second kappa shape index (κ2) is 12.4. The Labute approximate surface area is 239 Å². The molecule has 0 saturated carbocycles. The van der Waals surface area contributed by atoms with Crippen molar-refractivity contribution in [3.8, 4) is 11.8 Å². The number of likely N-dealkylation sites (N-methyl/N-ethyl adjacent to an activating group) is 1. The number of carbonyl (C=O) groups is 3. The number of fused-ring (bicyclic) bond motifs is 1. The fraction of sp³-hybridized carbons (Fsp3) is 0.419. The maximum absolute atomic E-state index is 14.0. The molecular weight excluding hydrogens is 520 g/mol. The number of nitrogens with zero attached hydrogens (tertiary/aromatic N) is 2. The molecule has 5 atom stereocenters. The minimum atomic E-state index is -0.748. The van der Waals surface area contributed by atoms with Crippen LogP contribution in [0.15, 0.2) is 54.6 Å². The molecule has 10 nitrogen and oxygen atoms in total. The zero-order chi connectivity index (χ0) is 28.9.